The van der Waals surface area contributed by atoms with E-state index in [2.05, 4.69) is 43.1 Å². The van der Waals surface area contributed by atoms with Gasteiger partial charge in [0.2, 0.25) is 0 Å². The quantitative estimate of drug-likeness (QED) is 0.741. The second-order valence-electron chi connectivity index (χ2n) is 4.99. The van der Waals surface area contributed by atoms with Crippen LogP contribution in [0.1, 0.15) is 20.3 Å². The third-order valence-electron chi connectivity index (χ3n) is 3.55. The Hall–Kier alpha value is -0.160. The number of nitrogens with zero attached hydrogens (tertiary/aromatic N) is 2. The minimum absolute atomic E-state index is 0.436. The van der Waals surface area contributed by atoms with E-state index in [0.29, 0.717) is 12.1 Å². The maximum absolute atomic E-state index is 5.62. The number of hydrogen-bond acceptors (Lipinski definition) is 4. The molecule has 2 atom stereocenters. The van der Waals surface area contributed by atoms with E-state index in [-0.39, 0.29) is 0 Å². The number of likely N-dealkylation sites (N-methyl/N-ethyl adjacent to an activating group) is 3. The molecule has 4 nitrogen and oxygen atoms in total. The average molecular weight is 243 g/mol. The molecule has 1 aliphatic heterocycles. The molecule has 0 radical (unpaired) electrons. The van der Waals surface area contributed by atoms with E-state index in [4.69, 9.17) is 4.74 Å². The summed E-state index contributed by atoms with van der Waals surface area (Å²) in [5, 5.41) is 3.57. The van der Waals surface area contributed by atoms with Crippen LogP contribution >= 0.6 is 0 Å². The van der Waals surface area contributed by atoms with Crippen molar-refractivity contribution in [3.63, 3.8) is 0 Å². The van der Waals surface area contributed by atoms with Crippen molar-refractivity contribution in [2.24, 2.45) is 0 Å². The lowest BCUT2D eigenvalue weighted by molar-refractivity contribution is 0.0786. The summed E-state index contributed by atoms with van der Waals surface area (Å²) in [6, 6.07) is 0.986. The Balaban J connectivity index is 2.60. The first-order chi connectivity index (χ1) is 8.19. The van der Waals surface area contributed by atoms with Crippen molar-refractivity contribution < 1.29 is 4.74 Å². The fourth-order valence-electron chi connectivity index (χ4n) is 2.55. The third-order valence-corrected chi connectivity index (χ3v) is 3.55. The van der Waals surface area contributed by atoms with Gasteiger partial charge in [-0.25, -0.2) is 0 Å². The van der Waals surface area contributed by atoms with Crippen LogP contribution in [0, 0.1) is 0 Å². The van der Waals surface area contributed by atoms with E-state index < -0.39 is 0 Å². The summed E-state index contributed by atoms with van der Waals surface area (Å²) in [4.78, 5) is 4.92. The van der Waals surface area contributed by atoms with Crippen LogP contribution in [0.4, 0.5) is 0 Å². The molecule has 1 heterocycles. The van der Waals surface area contributed by atoms with Gasteiger partial charge in [-0.15, -0.1) is 0 Å². The van der Waals surface area contributed by atoms with Gasteiger partial charge in [-0.1, -0.05) is 6.92 Å². The molecule has 1 N–H and O–H groups in total. The molecule has 0 aromatic heterocycles. The first kappa shape index (κ1) is 14.9. The van der Waals surface area contributed by atoms with Crippen molar-refractivity contribution in [3.8, 4) is 0 Å². The van der Waals surface area contributed by atoms with Gasteiger partial charge in [-0.3, -0.25) is 0 Å². The van der Waals surface area contributed by atoms with E-state index in [0.717, 1.165) is 26.3 Å². The zero-order valence-electron chi connectivity index (χ0n) is 11.9. The second-order valence-corrected chi connectivity index (χ2v) is 4.99. The summed E-state index contributed by atoms with van der Waals surface area (Å²) < 4.78 is 5.62. The van der Waals surface area contributed by atoms with Crippen LogP contribution in [0.2, 0.25) is 0 Å². The lowest BCUT2D eigenvalue weighted by Gasteiger charge is -2.34. The largest absolute Gasteiger partial charge is 0.380 e. The smallest absolute Gasteiger partial charge is 0.0635 e. The van der Waals surface area contributed by atoms with Gasteiger partial charge in [0, 0.05) is 25.2 Å². The van der Waals surface area contributed by atoms with Crippen LogP contribution in [0.5, 0.6) is 0 Å². The molecule has 0 bridgehead atoms. The van der Waals surface area contributed by atoms with Crippen molar-refractivity contribution in [1.29, 1.82) is 0 Å². The monoisotopic (exact) mass is 243 g/mol. The molecule has 1 aliphatic rings. The number of hydrogen-bond donors (Lipinski definition) is 1. The molecule has 0 aromatic rings. The number of nitrogens with one attached hydrogen (secondary N) is 1. The number of ether oxygens (including phenoxy) is 1. The van der Waals surface area contributed by atoms with Gasteiger partial charge in [0.25, 0.3) is 0 Å². The van der Waals surface area contributed by atoms with Crippen LogP contribution in [-0.2, 0) is 4.74 Å². The van der Waals surface area contributed by atoms with Crippen LogP contribution in [0.25, 0.3) is 0 Å². The molecule has 1 rings (SSSR count). The van der Waals surface area contributed by atoms with Crippen LogP contribution in [0.15, 0.2) is 0 Å². The molecule has 0 spiro atoms. The van der Waals surface area contributed by atoms with Gasteiger partial charge in [0.15, 0.2) is 0 Å². The van der Waals surface area contributed by atoms with Gasteiger partial charge >= 0.3 is 0 Å². The van der Waals surface area contributed by atoms with Gasteiger partial charge < -0.3 is 19.9 Å². The summed E-state index contributed by atoms with van der Waals surface area (Å²) in [6.45, 7) is 10.4. The van der Waals surface area contributed by atoms with E-state index in [9.17, 15) is 0 Å². The fourth-order valence-corrected chi connectivity index (χ4v) is 2.55. The maximum Gasteiger partial charge on any atom is 0.0635 e. The summed E-state index contributed by atoms with van der Waals surface area (Å²) in [7, 11) is 4.45. The Labute approximate surface area is 106 Å². The minimum atomic E-state index is 0.436. The highest BCUT2D eigenvalue weighted by Gasteiger charge is 2.27. The van der Waals surface area contributed by atoms with Crippen molar-refractivity contribution >= 4 is 0 Å². The topological polar surface area (TPSA) is 27.7 Å². The SMILES string of the molecule is CCNC(COCC)C1CN(C)CCCN1C. The first-order valence-electron chi connectivity index (χ1n) is 6.88. The molecule has 0 aliphatic carbocycles. The van der Waals surface area contributed by atoms with Crippen LogP contribution < -0.4 is 5.32 Å². The predicted molar refractivity (Wildman–Crippen MR) is 72.5 cm³/mol. The standard InChI is InChI=1S/C13H29N3O/c1-5-14-12(11-17-6-2)13-10-15(3)8-7-9-16(13)4/h12-14H,5-11H2,1-4H3. The molecule has 0 aromatic carbocycles. The molecule has 2 unspecified atom stereocenters. The van der Waals surface area contributed by atoms with E-state index in [1.807, 2.05) is 0 Å². The van der Waals surface area contributed by atoms with Crippen LogP contribution in [0.3, 0.4) is 0 Å². The Bertz CT molecular complexity index is 201. The third kappa shape index (κ3) is 4.92. The highest BCUT2D eigenvalue weighted by molar-refractivity contribution is 4.87. The van der Waals surface area contributed by atoms with Crippen molar-refractivity contribution in [3.05, 3.63) is 0 Å². The van der Waals surface area contributed by atoms with E-state index >= 15 is 0 Å². The Morgan fingerprint density at radius 3 is 2.71 bits per heavy atom. The summed E-state index contributed by atoms with van der Waals surface area (Å²) in [5.74, 6) is 0. The van der Waals surface area contributed by atoms with Gasteiger partial charge in [-0.2, -0.15) is 0 Å². The van der Waals surface area contributed by atoms with Crippen LogP contribution in [-0.4, -0.2) is 75.4 Å². The first-order valence-corrected chi connectivity index (χ1v) is 6.88. The van der Waals surface area contributed by atoms with Crippen molar-refractivity contribution in [2.45, 2.75) is 32.4 Å². The molecule has 1 fully saturated rings. The normalized spacial score (nSPS) is 25.8. The molecule has 0 amide bonds. The highest BCUT2D eigenvalue weighted by Crippen LogP contribution is 2.11. The lowest BCUT2D eigenvalue weighted by Crippen LogP contribution is -2.54. The lowest BCUT2D eigenvalue weighted by atomic mass is 10.1. The predicted octanol–water partition coefficient (Wildman–Crippen LogP) is 0.637. The summed E-state index contributed by atoms with van der Waals surface area (Å²) in [6.07, 6.45) is 1.26. The molecule has 1 saturated heterocycles. The summed E-state index contributed by atoms with van der Waals surface area (Å²) >= 11 is 0. The molecule has 102 valence electrons. The molecular weight excluding hydrogens is 214 g/mol. The molecule has 0 saturated carbocycles. The zero-order valence-corrected chi connectivity index (χ0v) is 11.9. The Kier molecular flexibility index (Phi) is 7.04. The molecular formula is C13H29N3O. The molecule has 17 heavy (non-hydrogen) atoms. The van der Waals surface area contributed by atoms with Gasteiger partial charge in [-0.05, 0) is 47.1 Å². The maximum atomic E-state index is 5.62. The van der Waals surface area contributed by atoms with Crippen molar-refractivity contribution in [2.75, 3.05) is 53.5 Å². The number of rotatable bonds is 6. The average Bonchev–Trinajstić information content (AvgIpc) is 2.47. The zero-order chi connectivity index (χ0) is 12.7. The fraction of sp³-hybridized carbons (Fsp3) is 1.00. The minimum Gasteiger partial charge on any atom is -0.380 e. The summed E-state index contributed by atoms with van der Waals surface area (Å²) in [5.41, 5.74) is 0. The second kappa shape index (κ2) is 8.03. The van der Waals surface area contributed by atoms with Gasteiger partial charge in [0.1, 0.15) is 0 Å². The Morgan fingerprint density at radius 2 is 2.06 bits per heavy atom. The molecule has 4 heteroatoms. The van der Waals surface area contributed by atoms with E-state index in [1.54, 1.807) is 0 Å². The van der Waals surface area contributed by atoms with Gasteiger partial charge in [0.05, 0.1) is 6.61 Å². The highest BCUT2D eigenvalue weighted by atomic mass is 16.5. The van der Waals surface area contributed by atoms with E-state index in [1.165, 1.54) is 19.5 Å². The Morgan fingerprint density at radius 1 is 1.29 bits per heavy atom. The van der Waals surface area contributed by atoms with Crippen molar-refractivity contribution in [1.82, 2.24) is 15.1 Å².